The molecule has 2 atom stereocenters. The smallest absolute Gasteiger partial charge is 0.158 e. The fourth-order valence-electron chi connectivity index (χ4n) is 6.49. The maximum Gasteiger partial charge on any atom is 0.158 e. The number of hydrogen-bond acceptors (Lipinski definition) is 7. The van der Waals surface area contributed by atoms with Gasteiger partial charge in [-0.1, -0.05) is 24.6 Å². The molecule has 0 aliphatic carbocycles. The quantitative estimate of drug-likeness (QED) is 0.330. The highest BCUT2D eigenvalue weighted by Gasteiger charge is 2.41. The number of nitrogens with two attached hydrogens (primary N) is 1. The lowest BCUT2D eigenvalue weighted by molar-refractivity contribution is 0.346. The van der Waals surface area contributed by atoms with Crippen LogP contribution >= 0.6 is 22.9 Å². The summed E-state index contributed by atoms with van der Waals surface area (Å²) in [6, 6.07) is 6.06. The zero-order valence-electron chi connectivity index (χ0n) is 20.0. The average molecular weight is 537 g/mol. The molecular weight excluding hydrogens is 514 g/mol. The molecule has 2 bridgehead atoms. The normalized spacial score (nSPS) is 22.4. The summed E-state index contributed by atoms with van der Waals surface area (Å²) in [6.45, 7) is 2.45. The van der Waals surface area contributed by atoms with Gasteiger partial charge in [-0.25, -0.2) is 18.7 Å². The van der Waals surface area contributed by atoms with E-state index < -0.39 is 11.6 Å². The van der Waals surface area contributed by atoms with Gasteiger partial charge in [-0.3, -0.25) is 0 Å². The maximum atomic E-state index is 16.5. The third-order valence-electron chi connectivity index (χ3n) is 8.15. The molecule has 37 heavy (non-hydrogen) atoms. The van der Waals surface area contributed by atoms with E-state index in [0.29, 0.717) is 41.8 Å². The first kappa shape index (κ1) is 23.1. The van der Waals surface area contributed by atoms with Gasteiger partial charge in [0.2, 0.25) is 0 Å². The third kappa shape index (κ3) is 3.22. The van der Waals surface area contributed by atoms with Gasteiger partial charge in [-0.15, -0.1) is 11.3 Å². The Morgan fingerprint density at radius 3 is 2.68 bits per heavy atom. The Balaban J connectivity index is 1.49. The molecule has 2 fully saturated rings. The van der Waals surface area contributed by atoms with Crippen molar-refractivity contribution in [2.45, 2.75) is 63.7 Å². The minimum atomic E-state index is -0.587. The number of nitrogen functional groups attached to an aromatic ring is 1. The molecule has 3 N–H and O–H groups in total. The summed E-state index contributed by atoms with van der Waals surface area (Å²) >= 11 is 7.99. The summed E-state index contributed by atoms with van der Waals surface area (Å²) in [5.41, 5.74) is 7.64. The number of benzene rings is 2. The molecule has 7 rings (SSSR count). The van der Waals surface area contributed by atoms with Gasteiger partial charge >= 0.3 is 0 Å². The summed E-state index contributed by atoms with van der Waals surface area (Å²) in [7, 11) is 0. The fraction of sp³-hybridized carbons (Fsp3) is 0.370. The molecule has 2 saturated heterocycles. The van der Waals surface area contributed by atoms with Gasteiger partial charge in [0.15, 0.2) is 5.82 Å². The SMILES string of the molecule is CCc1nc2c3c(c(Cl)c(-c4ccc(F)c5sc(N)c(C#N)c45)c(F)c3n1)CN2C1CC2CCC(C1)N2. The van der Waals surface area contributed by atoms with E-state index in [1.54, 1.807) is 0 Å². The van der Waals surface area contributed by atoms with Crippen molar-refractivity contribution in [1.29, 1.82) is 5.26 Å². The number of thiophene rings is 1. The van der Waals surface area contributed by atoms with E-state index in [-0.39, 0.29) is 42.8 Å². The molecule has 10 heteroatoms. The fourth-order valence-corrected chi connectivity index (χ4v) is 7.78. The van der Waals surface area contributed by atoms with Crippen LogP contribution in [-0.2, 0) is 13.0 Å². The molecule has 2 unspecified atom stereocenters. The predicted molar refractivity (Wildman–Crippen MR) is 143 cm³/mol. The van der Waals surface area contributed by atoms with Gasteiger partial charge in [-0.05, 0) is 37.3 Å². The van der Waals surface area contributed by atoms with Crippen molar-refractivity contribution in [3.63, 3.8) is 0 Å². The Kier molecular flexibility index (Phi) is 5.13. The number of halogens is 3. The zero-order chi connectivity index (χ0) is 25.6. The Labute approximate surface area is 221 Å². The number of piperidine rings is 1. The monoisotopic (exact) mass is 536 g/mol. The Bertz CT molecular complexity index is 1670. The van der Waals surface area contributed by atoms with Gasteiger partial charge in [0, 0.05) is 47.6 Å². The van der Waals surface area contributed by atoms with E-state index in [0.717, 1.165) is 35.6 Å². The van der Waals surface area contributed by atoms with E-state index in [1.165, 1.54) is 25.0 Å². The number of nitrogens with one attached hydrogen (secondary N) is 1. The molecule has 3 aliphatic rings. The van der Waals surface area contributed by atoms with Crippen LogP contribution in [0.2, 0.25) is 5.02 Å². The lowest BCUT2D eigenvalue weighted by Crippen LogP contribution is -2.47. The van der Waals surface area contributed by atoms with Crippen LogP contribution in [0.1, 0.15) is 49.6 Å². The van der Waals surface area contributed by atoms with Crippen LogP contribution in [-0.4, -0.2) is 28.1 Å². The Hall–Kier alpha value is -3.06. The maximum absolute atomic E-state index is 16.5. The number of anilines is 2. The lowest BCUT2D eigenvalue weighted by Gasteiger charge is -2.36. The molecule has 5 heterocycles. The molecular formula is C27H23ClF2N6S. The van der Waals surface area contributed by atoms with Gasteiger partial charge in [-0.2, -0.15) is 5.26 Å². The average Bonchev–Trinajstić information content (AvgIpc) is 3.56. The minimum absolute atomic E-state index is 0.127. The molecule has 2 aromatic carbocycles. The molecule has 3 aliphatic heterocycles. The molecule has 2 aromatic heterocycles. The van der Waals surface area contributed by atoms with E-state index in [4.69, 9.17) is 22.3 Å². The Morgan fingerprint density at radius 1 is 1.22 bits per heavy atom. The predicted octanol–water partition coefficient (Wildman–Crippen LogP) is 6.06. The standard InChI is InChI=1S/C27H23ClF2N6S/c1-2-18-34-24-21-16(10-36(27(21)35-18)13-7-11-3-4-12(8-13)33-11)22(28)20(23(24)30)14-5-6-17(29)25-19(14)15(9-31)26(32)37-25/h5-6,11-13,33H,2-4,7-8,10,32H2,1H3. The summed E-state index contributed by atoms with van der Waals surface area (Å²) in [5.74, 6) is 0.211. The summed E-state index contributed by atoms with van der Waals surface area (Å²) in [6.07, 6.45) is 4.91. The van der Waals surface area contributed by atoms with Crippen molar-refractivity contribution in [2.24, 2.45) is 0 Å². The van der Waals surface area contributed by atoms with Gasteiger partial charge < -0.3 is 16.0 Å². The van der Waals surface area contributed by atoms with Crippen molar-refractivity contribution < 1.29 is 8.78 Å². The first-order chi connectivity index (χ1) is 17.9. The number of nitriles is 1. The number of fused-ring (bicyclic) bond motifs is 3. The van der Waals surface area contributed by atoms with E-state index in [1.807, 2.05) is 6.92 Å². The third-order valence-corrected chi connectivity index (χ3v) is 9.60. The molecule has 0 saturated carbocycles. The van der Waals surface area contributed by atoms with Crippen molar-refractivity contribution in [3.8, 4) is 17.2 Å². The molecule has 4 aromatic rings. The van der Waals surface area contributed by atoms with Crippen LogP contribution in [0.25, 0.3) is 32.1 Å². The van der Waals surface area contributed by atoms with Crippen molar-refractivity contribution in [2.75, 3.05) is 10.6 Å². The number of hydrogen-bond donors (Lipinski definition) is 2. The number of aromatic nitrogens is 2. The second-order valence-corrected chi connectivity index (χ2v) is 11.6. The number of aryl methyl sites for hydroxylation is 1. The van der Waals surface area contributed by atoms with Crippen LogP contribution < -0.4 is 16.0 Å². The summed E-state index contributed by atoms with van der Waals surface area (Å²) < 4.78 is 31.4. The molecule has 0 radical (unpaired) electrons. The van der Waals surface area contributed by atoms with Crippen molar-refractivity contribution in [3.05, 3.63) is 45.7 Å². The van der Waals surface area contributed by atoms with E-state index in [9.17, 15) is 9.65 Å². The summed E-state index contributed by atoms with van der Waals surface area (Å²) in [4.78, 5) is 11.7. The first-order valence-corrected chi connectivity index (χ1v) is 13.7. The largest absolute Gasteiger partial charge is 0.389 e. The number of nitrogens with zero attached hydrogens (tertiary/aromatic N) is 4. The van der Waals surface area contributed by atoms with Crippen molar-refractivity contribution in [1.82, 2.24) is 15.3 Å². The number of rotatable bonds is 3. The van der Waals surface area contributed by atoms with Crippen LogP contribution in [0.4, 0.5) is 19.6 Å². The van der Waals surface area contributed by atoms with Crippen LogP contribution in [0, 0.1) is 23.0 Å². The topological polar surface area (TPSA) is 90.9 Å². The van der Waals surface area contributed by atoms with Crippen LogP contribution in [0.3, 0.4) is 0 Å². The highest BCUT2D eigenvalue weighted by Crippen LogP contribution is 2.50. The second-order valence-electron chi connectivity index (χ2n) is 10.2. The molecule has 6 nitrogen and oxygen atoms in total. The van der Waals surface area contributed by atoms with Crippen LogP contribution in [0.5, 0.6) is 0 Å². The molecule has 0 amide bonds. The molecule has 0 spiro atoms. The zero-order valence-corrected chi connectivity index (χ0v) is 21.6. The molecule has 188 valence electrons. The minimum Gasteiger partial charge on any atom is -0.389 e. The van der Waals surface area contributed by atoms with Gasteiger partial charge in [0.1, 0.15) is 34.0 Å². The summed E-state index contributed by atoms with van der Waals surface area (Å²) in [5, 5.41) is 14.8. The second kappa shape index (κ2) is 8.22. The Morgan fingerprint density at radius 2 is 1.97 bits per heavy atom. The first-order valence-electron chi connectivity index (χ1n) is 12.5. The van der Waals surface area contributed by atoms with E-state index >= 15 is 4.39 Å². The van der Waals surface area contributed by atoms with Crippen molar-refractivity contribution >= 4 is 54.7 Å². The highest BCUT2D eigenvalue weighted by molar-refractivity contribution is 7.23. The highest BCUT2D eigenvalue weighted by atomic mass is 35.5. The van der Waals surface area contributed by atoms with Gasteiger partial charge in [0.25, 0.3) is 0 Å². The lowest BCUT2D eigenvalue weighted by atomic mass is 9.95. The van der Waals surface area contributed by atoms with Gasteiger partial charge in [0.05, 0.1) is 20.7 Å². The van der Waals surface area contributed by atoms with Crippen LogP contribution in [0.15, 0.2) is 12.1 Å². The van der Waals surface area contributed by atoms with E-state index in [2.05, 4.69) is 21.3 Å².